The predicted octanol–water partition coefficient (Wildman–Crippen LogP) is 4.90. The molecule has 280 valence electrons. The predicted molar refractivity (Wildman–Crippen MR) is 195 cm³/mol. The van der Waals surface area contributed by atoms with Gasteiger partial charge in [0.05, 0.1) is 32.0 Å². The summed E-state index contributed by atoms with van der Waals surface area (Å²) in [6.07, 6.45) is 3.20. The molecule has 3 heterocycles. The SMILES string of the molecule is COC(=O)[C@@]12C[C@@H]1/C=C\CCC(=O)CC[C@H](NC(=O)OC(C)(C)C)C(=O)N1CC(Oc3cc(-c4ccccc4)nc4cc(OC)ccc34)C[C@H]1C(=O)N2. The molecule has 3 aliphatic rings. The van der Waals surface area contributed by atoms with Crippen molar-refractivity contribution in [3.05, 3.63) is 66.7 Å². The minimum Gasteiger partial charge on any atom is -0.497 e. The highest BCUT2D eigenvalue weighted by Crippen LogP contribution is 2.46. The second kappa shape index (κ2) is 15.3. The third kappa shape index (κ3) is 8.45. The van der Waals surface area contributed by atoms with Crippen LogP contribution in [0.5, 0.6) is 11.5 Å². The first-order chi connectivity index (χ1) is 25.3. The lowest BCUT2D eigenvalue weighted by molar-refractivity contribution is -0.148. The van der Waals surface area contributed by atoms with Crippen LogP contribution in [0.2, 0.25) is 0 Å². The molecule has 3 aromatic rings. The van der Waals surface area contributed by atoms with Gasteiger partial charge < -0.3 is 34.5 Å². The Balaban J connectivity index is 1.36. The number of nitrogens with one attached hydrogen (secondary N) is 2. The zero-order chi connectivity index (χ0) is 37.9. The van der Waals surface area contributed by atoms with Gasteiger partial charge in [-0.1, -0.05) is 42.5 Å². The Morgan fingerprint density at radius 3 is 2.51 bits per heavy atom. The molecule has 1 aliphatic carbocycles. The van der Waals surface area contributed by atoms with Gasteiger partial charge in [0, 0.05) is 48.3 Å². The second-order valence-electron chi connectivity index (χ2n) is 14.7. The maximum Gasteiger partial charge on any atom is 0.408 e. The number of rotatable bonds is 6. The molecule has 2 aliphatic heterocycles. The molecule has 2 N–H and O–H groups in total. The summed E-state index contributed by atoms with van der Waals surface area (Å²) in [6, 6.07) is 14.6. The standard InChI is InChI=1S/C40H46N4O9/c1-39(2,3)53-38(49)42-30-18-15-26(45)14-10-9-13-25-22-40(25,37(48)51-5)43-35(46)33-20-28(23-44(33)36(30)47)52-34-21-31(24-11-7-6-8-12-24)41-32-19-27(50-4)16-17-29(32)34/h6-9,11-13,16-17,19,21,25,28,30,33H,10,14-15,18,20,22-23H2,1-5H3,(H,42,49)(H,43,46)/b13-9-/t25-,28?,30-,33-,40+/m0/s1. The third-order valence-corrected chi connectivity index (χ3v) is 9.76. The Labute approximate surface area is 308 Å². The van der Waals surface area contributed by atoms with Crippen LogP contribution in [0.15, 0.2) is 66.7 Å². The molecule has 0 spiro atoms. The Kier molecular flexibility index (Phi) is 10.7. The summed E-state index contributed by atoms with van der Waals surface area (Å²) in [5, 5.41) is 6.27. The number of ether oxygens (including phenoxy) is 4. The van der Waals surface area contributed by atoms with E-state index < -0.39 is 53.2 Å². The Morgan fingerprint density at radius 1 is 1.02 bits per heavy atom. The first-order valence-electron chi connectivity index (χ1n) is 17.9. The minimum absolute atomic E-state index is 0.00295. The van der Waals surface area contributed by atoms with E-state index in [9.17, 15) is 24.0 Å². The Hall–Kier alpha value is -5.46. The van der Waals surface area contributed by atoms with Gasteiger partial charge in [0.15, 0.2) is 0 Å². The van der Waals surface area contributed by atoms with Gasteiger partial charge in [0.2, 0.25) is 11.8 Å². The van der Waals surface area contributed by atoms with E-state index in [0.717, 1.165) is 5.56 Å². The van der Waals surface area contributed by atoms with Crippen LogP contribution >= 0.6 is 0 Å². The number of hydrogen-bond acceptors (Lipinski definition) is 10. The normalized spacial score (nSPS) is 25.5. The average molecular weight is 727 g/mol. The number of ketones is 1. The third-order valence-electron chi connectivity index (χ3n) is 9.76. The molecule has 1 unspecified atom stereocenters. The number of allylic oxidation sites excluding steroid dienone is 1. The molecule has 0 radical (unpaired) electrons. The smallest absolute Gasteiger partial charge is 0.408 e. The molecular weight excluding hydrogens is 680 g/mol. The molecule has 13 nitrogen and oxygen atoms in total. The molecule has 1 aromatic heterocycles. The Morgan fingerprint density at radius 2 is 1.79 bits per heavy atom. The lowest BCUT2D eigenvalue weighted by atomic mass is 10.0. The number of methoxy groups -OCH3 is 2. The van der Waals surface area contributed by atoms with Crippen molar-refractivity contribution in [3.63, 3.8) is 0 Å². The van der Waals surface area contributed by atoms with E-state index in [-0.39, 0.29) is 43.9 Å². The van der Waals surface area contributed by atoms with Crippen LogP contribution in [0.3, 0.4) is 0 Å². The average Bonchev–Trinajstić information content (AvgIpc) is 3.66. The number of aromatic nitrogens is 1. The summed E-state index contributed by atoms with van der Waals surface area (Å²) < 4.78 is 22.7. The maximum atomic E-state index is 14.5. The first kappa shape index (κ1) is 37.3. The van der Waals surface area contributed by atoms with E-state index >= 15 is 0 Å². The molecule has 2 fully saturated rings. The summed E-state index contributed by atoms with van der Waals surface area (Å²) in [4.78, 5) is 74.0. The number of carbonyl (C=O) groups is 5. The van der Waals surface area contributed by atoms with Crippen LogP contribution in [-0.2, 0) is 28.7 Å². The van der Waals surface area contributed by atoms with Crippen molar-refractivity contribution in [1.82, 2.24) is 20.5 Å². The minimum atomic E-state index is -1.31. The molecule has 6 rings (SSSR count). The maximum absolute atomic E-state index is 14.5. The van der Waals surface area contributed by atoms with Crippen molar-refractivity contribution >= 4 is 40.6 Å². The van der Waals surface area contributed by atoms with Gasteiger partial charge in [-0.2, -0.15) is 0 Å². The highest BCUT2D eigenvalue weighted by molar-refractivity contribution is 5.97. The molecule has 53 heavy (non-hydrogen) atoms. The molecule has 1 saturated heterocycles. The lowest BCUT2D eigenvalue weighted by Crippen LogP contribution is -2.56. The van der Waals surface area contributed by atoms with Gasteiger partial charge >= 0.3 is 12.1 Å². The fourth-order valence-corrected chi connectivity index (χ4v) is 6.99. The number of amides is 3. The van der Waals surface area contributed by atoms with Crippen molar-refractivity contribution in [3.8, 4) is 22.8 Å². The van der Waals surface area contributed by atoms with Crippen LogP contribution in [0.25, 0.3) is 22.2 Å². The monoisotopic (exact) mass is 726 g/mol. The zero-order valence-electron chi connectivity index (χ0n) is 30.7. The van der Waals surface area contributed by atoms with Crippen LogP contribution in [0, 0.1) is 5.92 Å². The van der Waals surface area contributed by atoms with Gasteiger partial charge in [-0.25, -0.2) is 14.6 Å². The van der Waals surface area contributed by atoms with Crippen LogP contribution in [-0.4, -0.2) is 89.6 Å². The number of pyridine rings is 1. The zero-order valence-corrected chi connectivity index (χ0v) is 30.7. The molecule has 2 aromatic carbocycles. The van der Waals surface area contributed by atoms with Crippen LogP contribution < -0.4 is 20.1 Å². The summed E-state index contributed by atoms with van der Waals surface area (Å²) >= 11 is 0. The number of carbonyl (C=O) groups excluding carboxylic acids is 5. The highest BCUT2D eigenvalue weighted by atomic mass is 16.6. The van der Waals surface area contributed by atoms with Gasteiger partial charge in [0.1, 0.15) is 46.6 Å². The highest BCUT2D eigenvalue weighted by Gasteiger charge is 2.62. The van der Waals surface area contributed by atoms with Gasteiger partial charge in [-0.15, -0.1) is 0 Å². The van der Waals surface area contributed by atoms with Crippen molar-refractivity contribution in [1.29, 1.82) is 0 Å². The number of esters is 1. The molecule has 13 heteroatoms. The molecule has 1 saturated carbocycles. The molecule has 5 atom stereocenters. The second-order valence-corrected chi connectivity index (χ2v) is 14.7. The summed E-state index contributed by atoms with van der Waals surface area (Å²) in [5.41, 5.74) is -0.00591. The van der Waals surface area contributed by atoms with Crippen LogP contribution in [0.4, 0.5) is 4.79 Å². The van der Waals surface area contributed by atoms with Gasteiger partial charge in [-0.3, -0.25) is 14.4 Å². The number of benzene rings is 2. The quantitative estimate of drug-likeness (QED) is 0.264. The van der Waals surface area contributed by atoms with Crippen molar-refractivity contribution in [2.24, 2.45) is 5.92 Å². The lowest BCUT2D eigenvalue weighted by Gasteiger charge is -2.30. The van der Waals surface area contributed by atoms with E-state index in [4.69, 9.17) is 23.9 Å². The topological polar surface area (TPSA) is 162 Å². The number of alkyl carbamates (subject to hydrolysis) is 1. The fraction of sp³-hybridized carbons (Fsp3) is 0.450. The first-order valence-corrected chi connectivity index (χ1v) is 17.9. The molecule has 3 amide bonds. The van der Waals surface area contributed by atoms with Crippen molar-refractivity contribution in [2.75, 3.05) is 20.8 Å². The van der Waals surface area contributed by atoms with Crippen molar-refractivity contribution in [2.45, 2.75) is 88.6 Å². The number of fused-ring (bicyclic) bond motifs is 3. The largest absolute Gasteiger partial charge is 0.497 e. The van der Waals surface area contributed by atoms with E-state index in [2.05, 4.69) is 10.6 Å². The summed E-state index contributed by atoms with van der Waals surface area (Å²) in [5.74, 6) is -1.04. The van der Waals surface area contributed by atoms with E-state index in [0.29, 0.717) is 40.9 Å². The number of Topliss-reactive ketones (excluding diaryl/α,β-unsaturated/α-hetero) is 1. The van der Waals surface area contributed by atoms with E-state index in [1.54, 1.807) is 33.9 Å². The summed E-state index contributed by atoms with van der Waals surface area (Å²) in [6.45, 7) is 5.09. The summed E-state index contributed by atoms with van der Waals surface area (Å²) in [7, 11) is 2.84. The van der Waals surface area contributed by atoms with Crippen LogP contribution in [0.1, 0.15) is 59.3 Å². The van der Waals surface area contributed by atoms with E-state index in [1.165, 1.54) is 12.0 Å². The Bertz CT molecular complexity index is 1920. The number of hydrogen-bond donors (Lipinski definition) is 2. The van der Waals surface area contributed by atoms with Crippen molar-refractivity contribution < 1.29 is 42.9 Å². The van der Waals surface area contributed by atoms with E-state index in [1.807, 2.05) is 60.7 Å². The fourth-order valence-electron chi connectivity index (χ4n) is 6.99. The van der Waals surface area contributed by atoms with Gasteiger partial charge in [0.25, 0.3) is 0 Å². The number of nitrogens with zero attached hydrogens (tertiary/aromatic N) is 2. The van der Waals surface area contributed by atoms with Gasteiger partial charge in [-0.05, 0) is 52.2 Å². The molecular formula is C40H46N4O9. The molecule has 0 bridgehead atoms.